The number of hydrogen-bond acceptors (Lipinski definition) is 5. The lowest BCUT2D eigenvalue weighted by atomic mass is 9.98. The molecule has 0 unspecified atom stereocenters. The molecule has 7 heteroatoms. The number of aromatic amines is 1. The lowest BCUT2D eigenvalue weighted by Gasteiger charge is -2.26. The third-order valence-electron chi connectivity index (χ3n) is 4.63. The fourth-order valence-corrected chi connectivity index (χ4v) is 3.74. The van der Waals surface area contributed by atoms with Gasteiger partial charge in [0.15, 0.2) is 0 Å². The van der Waals surface area contributed by atoms with Gasteiger partial charge in [-0.25, -0.2) is 0 Å². The van der Waals surface area contributed by atoms with Gasteiger partial charge in [-0.2, -0.15) is 0 Å². The van der Waals surface area contributed by atoms with Crippen molar-refractivity contribution in [3.8, 4) is 0 Å². The first-order valence-electron chi connectivity index (χ1n) is 7.98. The topological polar surface area (TPSA) is 66.6 Å². The van der Waals surface area contributed by atoms with Gasteiger partial charge in [0, 0.05) is 22.6 Å². The molecule has 0 radical (unpaired) electrons. The van der Waals surface area contributed by atoms with E-state index in [9.17, 15) is 4.79 Å². The van der Waals surface area contributed by atoms with Crippen LogP contribution in [0.25, 0.3) is 11.6 Å². The number of hydrogen-bond donors (Lipinski definition) is 2. The van der Waals surface area contributed by atoms with Crippen LogP contribution in [-0.4, -0.2) is 10.9 Å². The second-order valence-electron chi connectivity index (χ2n) is 6.15. The highest BCUT2D eigenvalue weighted by molar-refractivity contribution is 7.90. The van der Waals surface area contributed by atoms with E-state index in [1.54, 1.807) is 0 Å². The Balaban J connectivity index is 1.54. The molecule has 1 amide bonds. The minimum absolute atomic E-state index is 0.0884. The summed E-state index contributed by atoms with van der Waals surface area (Å²) in [5.74, 6) is -0.0884. The summed E-state index contributed by atoms with van der Waals surface area (Å²) in [5.41, 5.74) is 6.73. The van der Waals surface area contributed by atoms with Crippen molar-refractivity contribution >= 4 is 41.3 Å². The van der Waals surface area contributed by atoms with Crippen molar-refractivity contribution < 1.29 is 13.4 Å². The van der Waals surface area contributed by atoms with Gasteiger partial charge >= 0.3 is 0 Å². The quantitative estimate of drug-likeness (QED) is 0.645. The van der Waals surface area contributed by atoms with Crippen molar-refractivity contribution in [1.29, 1.82) is 0 Å². The highest BCUT2D eigenvalue weighted by atomic mass is 32.2. The third-order valence-corrected chi connectivity index (χ3v) is 5.02. The monoisotopic (exact) mass is 341 g/mol. The van der Waals surface area contributed by atoms with Crippen molar-refractivity contribution in [2.45, 2.75) is 25.7 Å². The minimum Gasteiger partial charge on any atom is -0.359 e. The van der Waals surface area contributed by atoms with E-state index >= 15 is 0 Å². The summed E-state index contributed by atoms with van der Waals surface area (Å²) < 4.78 is 10.2. The fourth-order valence-electron chi connectivity index (χ4n) is 3.44. The van der Waals surface area contributed by atoms with Crippen molar-refractivity contribution in [3.05, 3.63) is 46.8 Å². The number of carbonyl (C=O) groups is 1. The summed E-state index contributed by atoms with van der Waals surface area (Å²) in [7, 11) is 0. The first-order valence-corrected chi connectivity index (χ1v) is 8.64. The van der Waals surface area contributed by atoms with Gasteiger partial charge in [0.25, 0.3) is 5.91 Å². The molecule has 0 atom stereocenters. The van der Waals surface area contributed by atoms with Crippen molar-refractivity contribution in [1.82, 2.24) is 4.98 Å². The van der Waals surface area contributed by atoms with Crippen molar-refractivity contribution in [3.63, 3.8) is 0 Å². The van der Waals surface area contributed by atoms with Gasteiger partial charge in [0.1, 0.15) is 0 Å². The van der Waals surface area contributed by atoms with Gasteiger partial charge in [0.2, 0.25) is 12.3 Å². The molecular weight excluding hydrogens is 326 g/mol. The molecule has 1 fully saturated rings. The summed E-state index contributed by atoms with van der Waals surface area (Å²) in [6.45, 7) is 0. The molecule has 6 nitrogen and oxygen atoms in total. The summed E-state index contributed by atoms with van der Waals surface area (Å²) in [5, 5.41) is 4.22. The molecular formula is C17H15N3O3S. The van der Waals surface area contributed by atoms with E-state index in [0.29, 0.717) is 5.57 Å². The molecule has 0 saturated carbocycles. The van der Waals surface area contributed by atoms with E-state index in [0.717, 1.165) is 47.8 Å². The largest absolute Gasteiger partial charge is 0.359 e. The lowest BCUT2D eigenvalue weighted by Crippen LogP contribution is -2.26. The highest BCUT2D eigenvalue weighted by Gasteiger charge is 2.28. The highest BCUT2D eigenvalue weighted by Crippen LogP contribution is 2.39. The van der Waals surface area contributed by atoms with Crippen LogP contribution < -0.4 is 10.5 Å². The zero-order chi connectivity index (χ0) is 16.1. The zero-order valence-corrected chi connectivity index (χ0v) is 13.6. The maximum absolute atomic E-state index is 12.4. The van der Waals surface area contributed by atoms with Gasteiger partial charge in [-0.15, -0.1) is 8.57 Å². The molecule has 1 aliphatic carbocycles. The number of aromatic nitrogens is 1. The number of nitrogens with zero attached hydrogens (tertiary/aromatic N) is 1. The Morgan fingerprint density at radius 1 is 1.17 bits per heavy atom. The molecule has 1 aromatic heterocycles. The molecule has 2 N–H and O–H groups in total. The van der Waals surface area contributed by atoms with Crippen LogP contribution in [-0.2, 0) is 26.2 Å². The van der Waals surface area contributed by atoms with Crippen LogP contribution in [0.1, 0.15) is 35.4 Å². The maximum Gasteiger partial charge on any atom is 0.256 e. The maximum atomic E-state index is 12.4. The Labute approximate surface area is 143 Å². The number of amides is 1. The van der Waals surface area contributed by atoms with Crippen molar-refractivity contribution in [2.24, 2.45) is 0 Å². The Hall–Kier alpha value is -2.22. The van der Waals surface area contributed by atoms with Crippen LogP contribution in [0.5, 0.6) is 0 Å². The van der Waals surface area contributed by atoms with Crippen LogP contribution in [0.15, 0.2) is 24.3 Å². The van der Waals surface area contributed by atoms with Crippen LogP contribution in [0.4, 0.5) is 11.4 Å². The first kappa shape index (κ1) is 14.2. The summed E-state index contributed by atoms with van der Waals surface area (Å²) >= 11 is 0.916. The Kier molecular flexibility index (Phi) is 3.19. The van der Waals surface area contributed by atoms with Crippen LogP contribution in [0, 0.1) is 0 Å². The third kappa shape index (κ3) is 2.24. The molecule has 3 heterocycles. The number of rotatable bonds is 2. The average molecular weight is 341 g/mol. The predicted molar refractivity (Wildman–Crippen MR) is 92.6 cm³/mol. The second-order valence-corrected chi connectivity index (χ2v) is 6.59. The second kappa shape index (κ2) is 5.41. The van der Waals surface area contributed by atoms with Crippen LogP contribution >= 0.6 is 12.3 Å². The van der Waals surface area contributed by atoms with Gasteiger partial charge in [0.05, 0.1) is 11.3 Å². The fraction of sp³-hybridized carbons (Fsp3) is 0.235. The Morgan fingerprint density at radius 2 is 2.04 bits per heavy atom. The number of fused-ring (bicyclic) bond motifs is 2. The Bertz CT molecular complexity index is 846. The van der Waals surface area contributed by atoms with E-state index < -0.39 is 0 Å². The van der Waals surface area contributed by atoms with Crippen LogP contribution in [0.3, 0.4) is 0 Å². The average Bonchev–Trinajstić information content (AvgIpc) is 3.07. The number of H-pyrrole nitrogens is 1. The van der Waals surface area contributed by atoms with E-state index in [-0.39, 0.29) is 5.91 Å². The number of nitrogens with one attached hydrogen (secondary N) is 2. The van der Waals surface area contributed by atoms with E-state index in [2.05, 4.69) is 16.4 Å². The van der Waals surface area contributed by atoms with Crippen LogP contribution in [0.2, 0.25) is 0 Å². The van der Waals surface area contributed by atoms with E-state index in [4.69, 9.17) is 8.57 Å². The smallest absolute Gasteiger partial charge is 0.256 e. The predicted octanol–water partition coefficient (Wildman–Crippen LogP) is 3.63. The molecule has 5 rings (SSSR count). The van der Waals surface area contributed by atoms with Gasteiger partial charge in [-0.1, -0.05) is 5.23 Å². The molecule has 0 bridgehead atoms. The first-order chi connectivity index (χ1) is 11.8. The lowest BCUT2D eigenvalue weighted by molar-refractivity contribution is -0.110. The van der Waals surface area contributed by atoms with E-state index in [1.807, 2.05) is 24.3 Å². The number of anilines is 2. The molecule has 2 aromatic rings. The van der Waals surface area contributed by atoms with Gasteiger partial charge < -0.3 is 10.3 Å². The molecule has 0 spiro atoms. The molecule has 1 aromatic carbocycles. The molecule has 24 heavy (non-hydrogen) atoms. The molecule has 2 aliphatic heterocycles. The van der Waals surface area contributed by atoms with Gasteiger partial charge in [-0.3, -0.25) is 4.79 Å². The number of benzene rings is 1. The summed E-state index contributed by atoms with van der Waals surface area (Å²) in [6, 6.07) is 7.75. The molecule has 1 saturated heterocycles. The summed E-state index contributed by atoms with van der Waals surface area (Å²) in [6.07, 6.45) is 6.59. The number of carbonyl (C=O) groups excluding carboxylic acids is 1. The molecule has 3 aliphatic rings. The molecule has 122 valence electrons. The normalized spacial score (nSPS) is 20.6. The van der Waals surface area contributed by atoms with Crippen molar-refractivity contribution in [2.75, 3.05) is 10.5 Å². The zero-order valence-electron chi connectivity index (χ0n) is 12.8. The minimum atomic E-state index is -0.0884. The summed E-state index contributed by atoms with van der Waals surface area (Å²) in [4.78, 5) is 15.8. The van der Waals surface area contributed by atoms with E-state index in [1.165, 1.54) is 29.3 Å². The Morgan fingerprint density at radius 3 is 2.83 bits per heavy atom. The number of aryl methyl sites for hydroxylation is 2. The standard InChI is InChI=1S/C17H15N3O3S/c21-17-14(8-11-7-10-3-1-2-4-15(10)18-11)13-9-12(20-22-24-23-20)5-6-16(13)19-17/h5-9,18H,1-4H2,(H,19,21)/b14-8-. The SMILES string of the molecule is O=C1Nc2ccc(N3OSO3)cc2/C1=C/c1cc2c([nH]1)CCCC2. The van der Waals surface area contributed by atoms with Gasteiger partial charge in [-0.05, 0) is 61.6 Å².